The van der Waals surface area contributed by atoms with E-state index in [4.69, 9.17) is 5.14 Å². The number of anilines is 1. The molecule has 0 aliphatic rings. The van der Waals surface area contributed by atoms with Gasteiger partial charge < -0.3 is 5.32 Å². The maximum atomic E-state index is 11.2. The van der Waals surface area contributed by atoms with Gasteiger partial charge in [-0.05, 0) is 40.5 Å². The van der Waals surface area contributed by atoms with Gasteiger partial charge in [-0.1, -0.05) is 39.0 Å². The molecule has 114 valence electrons. The van der Waals surface area contributed by atoms with Crippen molar-refractivity contribution in [1.29, 1.82) is 0 Å². The van der Waals surface area contributed by atoms with E-state index in [1.165, 1.54) is 44.2 Å². The Kier molecular flexibility index (Phi) is 7.55. The molecule has 0 amide bonds. The van der Waals surface area contributed by atoms with Crippen molar-refractivity contribution in [3.63, 3.8) is 0 Å². The van der Waals surface area contributed by atoms with Gasteiger partial charge in [-0.2, -0.15) is 0 Å². The van der Waals surface area contributed by atoms with E-state index in [1.54, 1.807) is 6.07 Å². The molecular weight excluding hydrogens is 340 g/mol. The molecule has 3 N–H and O–H groups in total. The Morgan fingerprint density at radius 3 is 2.40 bits per heavy atom. The average Bonchev–Trinajstić information content (AvgIpc) is 2.38. The third-order valence-electron chi connectivity index (χ3n) is 3.11. The van der Waals surface area contributed by atoms with Gasteiger partial charge in [-0.3, -0.25) is 0 Å². The fraction of sp³-hybridized carbons (Fsp3) is 0.571. The SMILES string of the molecule is CCCCCCCCNc1ccc(S(N)(=O)=O)cc1Br. The summed E-state index contributed by atoms with van der Waals surface area (Å²) in [5.74, 6) is 0. The third-order valence-corrected chi connectivity index (χ3v) is 4.68. The van der Waals surface area contributed by atoms with Crippen LogP contribution in [0, 0.1) is 0 Å². The largest absolute Gasteiger partial charge is 0.384 e. The monoisotopic (exact) mass is 362 g/mol. The number of hydrogen-bond donors (Lipinski definition) is 2. The summed E-state index contributed by atoms with van der Waals surface area (Å²) in [5, 5.41) is 8.39. The first-order valence-corrected chi connectivity index (χ1v) is 9.35. The summed E-state index contributed by atoms with van der Waals surface area (Å²) >= 11 is 3.36. The molecule has 0 atom stereocenters. The minimum atomic E-state index is -3.64. The number of sulfonamides is 1. The molecule has 0 heterocycles. The Bertz CT molecular complexity index is 518. The summed E-state index contributed by atoms with van der Waals surface area (Å²) < 4.78 is 23.2. The number of nitrogens with two attached hydrogens (primary N) is 1. The van der Waals surface area contributed by atoms with Gasteiger partial charge in [0.25, 0.3) is 0 Å². The molecule has 0 saturated heterocycles. The zero-order chi connectivity index (χ0) is 15.0. The molecule has 1 aromatic rings. The van der Waals surface area contributed by atoms with Gasteiger partial charge >= 0.3 is 0 Å². The smallest absolute Gasteiger partial charge is 0.238 e. The molecule has 0 aliphatic heterocycles. The number of rotatable bonds is 9. The van der Waals surface area contributed by atoms with Crippen LogP contribution in [0.1, 0.15) is 45.4 Å². The number of primary sulfonamides is 1. The van der Waals surface area contributed by atoms with Crippen molar-refractivity contribution < 1.29 is 8.42 Å². The Labute approximate surface area is 130 Å². The molecule has 0 unspecified atom stereocenters. The maximum Gasteiger partial charge on any atom is 0.238 e. The van der Waals surface area contributed by atoms with Gasteiger partial charge in [0.2, 0.25) is 10.0 Å². The lowest BCUT2D eigenvalue weighted by atomic mass is 10.1. The van der Waals surface area contributed by atoms with Crippen LogP contribution in [0.15, 0.2) is 27.6 Å². The molecule has 0 saturated carbocycles. The van der Waals surface area contributed by atoms with E-state index in [0.717, 1.165) is 23.1 Å². The predicted octanol–water partition coefficient (Wildman–Crippen LogP) is 3.87. The van der Waals surface area contributed by atoms with Crippen LogP contribution >= 0.6 is 15.9 Å². The van der Waals surface area contributed by atoms with E-state index in [9.17, 15) is 8.42 Å². The fourth-order valence-corrected chi connectivity index (χ4v) is 3.15. The molecule has 0 bridgehead atoms. The van der Waals surface area contributed by atoms with Crippen LogP contribution in [0.3, 0.4) is 0 Å². The number of unbranched alkanes of at least 4 members (excludes halogenated alkanes) is 5. The second-order valence-electron chi connectivity index (χ2n) is 4.88. The maximum absolute atomic E-state index is 11.2. The molecule has 0 radical (unpaired) electrons. The van der Waals surface area contributed by atoms with Crippen molar-refractivity contribution in [2.24, 2.45) is 5.14 Å². The lowest BCUT2D eigenvalue weighted by molar-refractivity contribution is 0.598. The average molecular weight is 363 g/mol. The van der Waals surface area contributed by atoms with Gasteiger partial charge in [0.05, 0.1) is 4.90 Å². The Morgan fingerprint density at radius 2 is 1.80 bits per heavy atom. The summed E-state index contributed by atoms with van der Waals surface area (Å²) in [6, 6.07) is 4.78. The highest BCUT2D eigenvalue weighted by Crippen LogP contribution is 2.25. The number of benzene rings is 1. The minimum Gasteiger partial charge on any atom is -0.384 e. The third kappa shape index (κ3) is 6.24. The highest BCUT2D eigenvalue weighted by molar-refractivity contribution is 9.10. The first-order chi connectivity index (χ1) is 9.45. The molecule has 0 spiro atoms. The molecule has 4 nitrogen and oxygen atoms in total. The van der Waals surface area contributed by atoms with E-state index in [1.807, 2.05) is 0 Å². The summed E-state index contributed by atoms with van der Waals surface area (Å²) in [4.78, 5) is 0.120. The van der Waals surface area contributed by atoms with Crippen molar-refractivity contribution in [3.8, 4) is 0 Å². The quantitative estimate of drug-likeness (QED) is 0.654. The number of nitrogens with one attached hydrogen (secondary N) is 1. The van der Waals surface area contributed by atoms with E-state index < -0.39 is 10.0 Å². The molecule has 1 rings (SSSR count). The van der Waals surface area contributed by atoms with E-state index in [0.29, 0.717) is 0 Å². The minimum absolute atomic E-state index is 0.120. The predicted molar refractivity (Wildman–Crippen MR) is 87.4 cm³/mol. The topological polar surface area (TPSA) is 72.2 Å². The Balaban J connectivity index is 2.38. The number of halogens is 1. The van der Waals surface area contributed by atoms with E-state index >= 15 is 0 Å². The fourth-order valence-electron chi connectivity index (χ4n) is 1.94. The van der Waals surface area contributed by atoms with Crippen molar-refractivity contribution >= 4 is 31.6 Å². The van der Waals surface area contributed by atoms with Crippen LogP contribution < -0.4 is 10.5 Å². The van der Waals surface area contributed by atoms with Gasteiger partial charge in [0, 0.05) is 16.7 Å². The zero-order valence-corrected chi connectivity index (χ0v) is 14.3. The molecule has 0 aromatic heterocycles. The Hall–Kier alpha value is -0.590. The van der Waals surface area contributed by atoms with Crippen LogP contribution in [0.25, 0.3) is 0 Å². The summed E-state index contributed by atoms with van der Waals surface area (Å²) in [7, 11) is -3.64. The highest BCUT2D eigenvalue weighted by Gasteiger charge is 2.09. The van der Waals surface area contributed by atoms with Crippen molar-refractivity contribution in [1.82, 2.24) is 0 Å². The molecule has 6 heteroatoms. The Morgan fingerprint density at radius 1 is 1.15 bits per heavy atom. The molecule has 0 aliphatic carbocycles. The molecular formula is C14H23BrN2O2S. The number of hydrogen-bond acceptors (Lipinski definition) is 3. The van der Waals surface area contributed by atoms with Crippen LogP contribution in [0.4, 0.5) is 5.69 Å². The standard InChI is InChI=1S/C14H23BrN2O2S/c1-2-3-4-5-6-7-10-17-14-9-8-12(11-13(14)15)20(16,18)19/h8-9,11,17H,2-7,10H2,1H3,(H2,16,18,19). The molecule has 1 aromatic carbocycles. The van der Waals surface area contributed by atoms with Crippen molar-refractivity contribution in [2.45, 2.75) is 50.3 Å². The first kappa shape index (κ1) is 17.5. The van der Waals surface area contributed by atoms with Gasteiger partial charge in [-0.15, -0.1) is 0 Å². The second kappa shape index (κ2) is 8.64. The lowest BCUT2D eigenvalue weighted by Gasteiger charge is -2.09. The van der Waals surface area contributed by atoms with Crippen molar-refractivity contribution in [3.05, 3.63) is 22.7 Å². The van der Waals surface area contributed by atoms with Crippen LogP contribution in [0.2, 0.25) is 0 Å². The van der Waals surface area contributed by atoms with Gasteiger partial charge in [-0.25, -0.2) is 13.6 Å². The van der Waals surface area contributed by atoms with Crippen LogP contribution in [-0.2, 0) is 10.0 Å². The van der Waals surface area contributed by atoms with Crippen LogP contribution in [0.5, 0.6) is 0 Å². The summed E-state index contributed by atoms with van der Waals surface area (Å²) in [6.45, 7) is 3.10. The zero-order valence-electron chi connectivity index (χ0n) is 11.9. The lowest BCUT2D eigenvalue weighted by Crippen LogP contribution is -2.12. The van der Waals surface area contributed by atoms with Gasteiger partial charge in [0.1, 0.15) is 0 Å². The second-order valence-corrected chi connectivity index (χ2v) is 7.30. The molecule has 20 heavy (non-hydrogen) atoms. The summed E-state index contributed by atoms with van der Waals surface area (Å²) in [6.07, 6.45) is 7.51. The summed E-state index contributed by atoms with van der Waals surface area (Å²) in [5.41, 5.74) is 0.894. The van der Waals surface area contributed by atoms with E-state index in [-0.39, 0.29) is 4.90 Å². The van der Waals surface area contributed by atoms with Crippen molar-refractivity contribution in [2.75, 3.05) is 11.9 Å². The van der Waals surface area contributed by atoms with Crippen LogP contribution in [-0.4, -0.2) is 15.0 Å². The first-order valence-electron chi connectivity index (χ1n) is 7.01. The molecule has 0 fully saturated rings. The van der Waals surface area contributed by atoms with E-state index in [2.05, 4.69) is 28.2 Å². The normalized spacial score (nSPS) is 11.6. The highest BCUT2D eigenvalue weighted by atomic mass is 79.9. The van der Waals surface area contributed by atoms with Gasteiger partial charge in [0.15, 0.2) is 0 Å².